The van der Waals surface area contributed by atoms with Crippen molar-refractivity contribution < 1.29 is 9.90 Å². The third-order valence-corrected chi connectivity index (χ3v) is 4.12. The largest absolute Gasteiger partial charge is 0.481 e. The molecule has 1 fully saturated rings. The van der Waals surface area contributed by atoms with Gasteiger partial charge in [0.05, 0.1) is 5.92 Å². The second-order valence-corrected chi connectivity index (χ2v) is 5.47. The van der Waals surface area contributed by atoms with Gasteiger partial charge in [-0.2, -0.15) is 0 Å². The first-order valence-electron chi connectivity index (χ1n) is 5.87. The summed E-state index contributed by atoms with van der Waals surface area (Å²) in [6, 6.07) is 0.0787. The maximum absolute atomic E-state index is 11.2. The maximum atomic E-state index is 11.2. The average molecular weight is 213 g/mol. The van der Waals surface area contributed by atoms with Crippen molar-refractivity contribution in [2.75, 3.05) is 0 Å². The molecule has 88 valence electrons. The molecule has 1 aliphatic carbocycles. The topological polar surface area (TPSA) is 63.3 Å². The highest BCUT2D eigenvalue weighted by Gasteiger charge is 2.41. The Morgan fingerprint density at radius 1 is 1.47 bits per heavy atom. The molecule has 1 saturated carbocycles. The van der Waals surface area contributed by atoms with E-state index in [9.17, 15) is 9.90 Å². The molecule has 0 aromatic heterocycles. The number of carbonyl (C=O) groups is 1. The van der Waals surface area contributed by atoms with Crippen LogP contribution in [0.3, 0.4) is 0 Å². The molecule has 3 atom stereocenters. The second kappa shape index (κ2) is 4.52. The summed E-state index contributed by atoms with van der Waals surface area (Å²) in [5, 5.41) is 9.23. The van der Waals surface area contributed by atoms with Crippen molar-refractivity contribution in [3.63, 3.8) is 0 Å². The zero-order valence-corrected chi connectivity index (χ0v) is 9.99. The number of carboxylic acids is 1. The third-order valence-electron chi connectivity index (χ3n) is 4.12. The molecule has 0 radical (unpaired) electrons. The monoisotopic (exact) mass is 213 g/mol. The van der Waals surface area contributed by atoms with Crippen LogP contribution in [0.25, 0.3) is 0 Å². The van der Waals surface area contributed by atoms with Crippen LogP contribution in [0.2, 0.25) is 0 Å². The normalized spacial score (nSPS) is 32.7. The first-order chi connectivity index (χ1) is 6.88. The Morgan fingerprint density at radius 3 is 2.53 bits per heavy atom. The molecule has 0 aromatic rings. The van der Waals surface area contributed by atoms with E-state index in [1.807, 2.05) is 0 Å². The lowest BCUT2D eigenvalue weighted by Gasteiger charge is -2.42. The van der Waals surface area contributed by atoms with Crippen molar-refractivity contribution >= 4 is 5.97 Å². The molecule has 3 heteroatoms. The summed E-state index contributed by atoms with van der Waals surface area (Å²) >= 11 is 0. The van der Waals surface area contributed by atoms with Crippen molar-refractivity contribution in [2.45, 2.75) is 52.5 Å². The Kier molecular flexibility index (Phi) is 3.77. The van der Waals surface area contributed by atoms with Gasteiger partial charge < -0.3 is 10.8 Å². The maximum Gasteiger partial charge on any atom is 0.306 e. The second-order valence-electron chi connectivity index (χ2n) is 5.47. The molecule has 1 rings (SSSR count). The zero-order valence-electron chi connectivity index (χ0n) is 9.99. The molecule has 0 aromatic carbocycles. The fourth-order valence-electron chi connectivity index (χ4n) is 2.67. The third kappa shape index (κ3) is 2.71. The van der Waals surface area contributed by atoms with Crippen molar-refractivity contribution in [1.29, 1.82) is 0 Å². The fraction of sp³-hybridized carbons (Fsp3) is 0.917. The van der Waals surface area contributed by atoms with Gasteiger partial charge in [0.15, 0.2) is 0 Å². The molecule has 3 N–H and O–H groups in total. The number of aliphatic carboxylic acids is 1. The molecule has 3 unspecified atom stereocenters. The summed E-state index contributed by atoms with van der Waals surface area (Å²) in [7, 11) is 0. The van der Waals surface area contributed by atoms with Crippen LogP contribution in [0, 0.1) is 17.3 Å². The first-order valence-corrected chi connectivity index (χ1v) is 5.87. The summed E-state index contributed by atoms with van der Waals surface area (Å²) in [5.74, 6) is -0.639. The smallest absolute Gasteiger partial charge is 0.306 e. The van der Waals surface area contributed by atoms with E-state index in [0.29, 0.717) is 6.42 Å². The van der Waals surface area contributed by atoms with Crippen molar-refractivity contribution in [2.24, 2.45) is 23.0 Å². The van der Waals surface area contributed by atoms with Crippen LogP contribution in [-0.2, 0) is 4.79 Å². The minimum atomic E-state index is -0.670. The Morgan fingerprint density at radius 2 is 2.07 bits per heavy atom. The van der Waals surface area contributed by atoms with E-state index in [2.05, 4.69) is 20.8 Å². The van der Waals surface area contributed by atoms with E-state index < -0.39 is 5.97 Å². The molecule has 0 aliphatic heterocycles. The van der Waals surface area contributed by atoms with Gasteiger partial charge in [-0.3, -0.25) is 4.79 Å². The summed E-state index contributed by atoms with van der Waals surface area (Å²) in [5.41, 5.74) is 5.96. The van der Waals surface area contributed by atoms with Crippen LogP contribution in [0.4, 0.5) is 0 Å². The molecule has 0 amide bonds. The van der Waals surface area contributed by atoms with Crippen LogP contribution in [0.15, 0.2) is 0 Å². The van der Waals surface area contributed by atoms with Crippen LogP contribution >= 0.6 is 0 Å². The summed E-state index contributed by atoms with van der Waals surface area (Å²) in [4.78, 5) is 11.2. The van der Waals surface area contributed by atoms with Gasteiger partial charge in [0.1, 0.15) is 0 Å². The Labute approximate surface area is 92.0 Å². The lowest BCUT2D eigenvalue weighted by Crippen LogP contribution is -2.43. The number of rotatable bonds is 3. The van der Waals surface area contributed by atoms with Gasteiger partial charge in [-0.05, 0) is 30.6 Å². The van der Waals surface area contributed by atoms with Crippen LogP contribution in [0.1, 0.15) is 46.5 Å². The molecule has 0 heterocycles. The van der Waals surface area contributed by atoms with Crippen molar-refractivity contribution in [1.82, 2.24) is 0 Å². The van der Waals surface area contributed by atoms with E-state index in [1.165, 1.54) is 0 Å². The first kappa shape index (κ1) is 12.5. The Bertz CT molecular complexity index is 238. The Balaban J connectivity index is 2.81. The van der Waals surface area contributed by atoms with E-state index in [1.54, 1.807) is 0 Å². The van der Waals surface area contributed by atoms with Gasteiger partial charge in [-0.25, -0.2) is 0 Å². The number of hydrogen-bond acceptors (Lipinski definition) is 2. The molecule has 3 nitrogen and oxygen atoms in total. The highest BCUT2D eigenvalue weighted by Crippen LogP contribution is 2.43. The summed E-state index contributed by atoms with van der Waals surface area (Å²) in [6.07, 6.45) is 3.59. The van der Waals surface area contributed by atoms with Gasteiger partial charge in [0.2, 0.25) is 0 Å². The fourth-order valence-corrected chi connectivity index (χ4v) is 2.67. The SMILES string of the molecule is CCC(C)(C)C1CCC(N)CC1C(=O)O. The highest BCUT2D eigenvalue weighted by atomic mass is 16.4. The van der Waals surface area contributed by atoms with E-state index >= 15 is 0 Å². The van der Waals surface area contributed by atoms with Gasteiger partial charge in [-0.15, -0.1) is 0 Å². The molecule has 0 spiro atoms. The lowest BCUT2D eigenvalue weighted by atomic mass is 9.63. The summed E-state index contributed by atoms with van der Waals surface area (Å²) in [6.45, 7) is 6.47. The minimum Gasteiger partial charge on any atom is -0.481 e. The van der Waals surface area contributed by atoms with Crippen molar-refractivity contribution in [3.8, 4) is 0 Å². The van der Waals surface area contributed by atoms with Crippen LogP contribution in [0.5, 0.6) is 0 Å². The molecule has 0 bridgehead atoms. The predicted octanol–water partition coefficient (Wildman–Crippen LogP) is 2.25. The summed E-state index contributed by atoms with van der Waals surface area (Å²) < 4.78 is 0. The average Bonchev–Trinajstić information content (AvgIpc) is 2.17. The number of carboxylic acid groups (broad SMARTS) is 1. The Hall–Kier alpha value is -0.570. The zero-order chi connectivity index (χ0) is 11.6. The molecule has 15 heavy (non-hydrogen) atoms. The molecule has 1 aliphatic rings. The van der Waals surface area contributed by atoms with Crippen molar-refractivity contribution in [3.05, 3.63) is 0 Å². The van der Waals surface area contributed by atoms with Gasteiger partial charge >= 0.3 is 5.97 Å². The predicted molar refractivity (Wildman–Crippen MR) is 60.5 cm³/mol. The standard InChI is InChI=1S/C12H23NO2/c1-4-12(2,3)10-6-5-8(13)7-9(10)11(14)15/h8-10H,4-7,13H2,1-3H3,(H,14,15). The molecular formula is C12H23NO2. The quantitative estimate of drug-likeness (QED) is 0.755. The molecule has 0 saturated heterocycles. The minimum absolute atomic E-state index is 0.0787. The molecular weight excluding hydrogens is 190 g/mol. The number of hydrogen-bond donors (Lipinski definition) is 2. The van der Waals surface area contributed by atoms with Crippen LogP contribution < -0.4 is 5.73 Å². The van der Waals surface area contributed by atoms with E-state index in [0.717, 1.165) is 19.3 Å². The van der Waals surface area contributed by atoms with E-state index in [4.69, 9.17) is 5.73 Å². The highest BCUT2D eigenvalue weighted by molar-refractivity contribution is 5.70. The van der Waals surface area contributed by atoms with Crippen LogP contribution in [-0.4, -0.2) is 17.1 Å². The van der Waals surface area contributed by atoms with E-state index in [-0.39, 0.29) is 23.3 Å². The van der Waals surface area contributed by atoms with Gasteiger partial charge in [-0.1, -0.05) is 27.2 Å². The number of nitrogens with two attached hydrogens (primary N) is 1. The van der Waals surface area contributed by atoms with Gasteiger partial charge in [0.25, 0.3) is 0 Å². The van der Waals surface area contributed by atoms with Gasteiger partial charge in [0, 0.05) is 6.04 Å². The lowest BCUT2D eigenvalue weighted by molar-refractivity contribution is -0.147.